The fourth-order valence-corrected chi connectivity index (χ4v) is 1.00. The molecule has 12 heavy (non-hydrogen) atoms. The molecule has 1 unspecified atom stereocenters. The first-order valence-electron chi connectivity index (χ1n) is 3.97. The SMILES string of the molecule is C=CC(C)(CO)Cc1ccco1. The van der Waals surface area contributed by atoms with E-state index in [2.05, 4.69) is 6.58 Å². The number of hydrogen-bond donors (Lipinski definition) is 1. The van der Waals surface area contributed by atoms with Crippen LogP contribution in [0.3, 0.4) is 0 Å². The van der Waals surface area contributed by atoms with Gasteiger partial charge in [0.1, 0.15) is 5.76 Å². The van der Waals surface area contributed by atoms with E-state index in [1.165, 1.54) is 0 Å². The molecule has 66 valence electrons. The zero-order valence-corrected chi connectivity index (χ0v) is 7.29. The predicted octanol–water partition coefficient (Wildman–Crippen LogP) is 2.01. The summed E-state index contributed by atoms with van der Waals surface area (Å²) in [5, 5.41) is 9.07. The third-order valence-corrected chi connectivity index (χ3v) is 2.01. The molecule has 0 spiro atoms. The Morgan fingerprint density at radius 1 is 1.75 bits per heavy atom. The molecule has 1 N–H and O–H groups in total. The fraction of sp³-hybridized carbons (Fsp3) is 0.400. The summed E-state index contributed by atoms with van der Waals surface area (Å²) in [5.74, 6) is 0.881. The Hall–Kier alpha value is -1.02. The van der Waals surface area contributed by atoms with Crippen LogP contribution in [-0.2, 0) is 6.42 Å². The summed E-state index contributed by atoms with van der Waals surface area (Å²) in [5.41, 5.74) is -0.266. The van der Waals surface area contributed by atoms with Gasteiger partial charge in [0, 0.05) is 11.8 Å². The zero-order chi connectivity index (χ0) is 9.03. The molecule has 0 fully saturated rings. The predicted molar refractivity (Wildman–Crippen MR) is 47.8 cm³/mol. The Morgan fingerprint density at radius 2 is 2.50 bits per heavy atom. The van der Waals surface area contributed by atoms with Crippen LogP contribution >= 0.6 is 0 Å². The van der Waals surface area contributed by atoms with Crippen LogP contribution in [0.4, 0.5) is 0 Å². The van der Waals surface area contributed by atoms with Gasteiger partial charge in [-0.3, -0.25) is 0 Å². The van der Waals surface area contributed by atoms with Crippen LogP contribution in [0.5, 0.6) is 0 Å². The Morgan fingerprint density at radius 3 is 2.92 bits per heavy atom. The van der Waals surface area contributed by atoms with E-state index in [1.54, 1.807) is 12.3 Å². The third kappa shape index (κ3) is 1.98. The molecule has 0 aliphatic heterocycles. The number of furan rings is 1. The van der Waals surface area contributed by atoms with Crippen molar-refractivity contribution in [2.24, 2.45) is 5.41 Å². The highest BCUT2D eigenvalue weighted by Crippen LogP contribution is 2.22. The van der Waals surface area contributed by atoms with Gasteiger partial charge in [-0.1, -0.05) is 13.0 Å². The van der Waals surface area contributed by atoms with Gasteiger partial charge in [0.05, 0.1) is 12.9 Å². The molecule has 0 aliphatic rings. The van der Waals surface area contributed by atoms with E-state index in [9.17, 15) is 0 Å². The molecule has 1 rings (SSSR count). The standard InChI is InChI=1S/C10H14O2/c1-3-10(2,8-11)7-9-5-4-6-12-9/h3-6,11H,1,7-8H2,2H3. The molecule has 0 aromatic carbocycles. The second kappa shape index (κ2) is 3.59. The molecule has 1 aromatic heterocycles. The number of aliphatic hydroxyl groups is 1. The Labute approximate surface area is 72.5 Å². The number of aliphatic hydroxyl groups excluding tert-OH is 1. The molecule has 0 saturated heterocycles. The molecule has 1 atom stereocenters. The molecular weight excluding hydrogens is 152 g/mol. The summed E-state index contributed by atoms with van der Waals surface area (Å²) in [6.45, 7) is 5.72. The van der Waals surface area contributed by atoms with Crippen molar-refractivity contribution >= 4 is 0 Å². The molecular formula is C10H14O2. The highest BCUT2D eigenvalue weighted by Gasteiger charge is 2.20. The molecule has 0 saturated carbocycles. The van der Waals surface area contributed by atoms with Gasteiger partial charge < -0.3 is 9.52 Å². The molecule has 1 aromatic rings. The van der Waals surface area contributed by atoms with Crippen LogP contribution in [-0.4, -0.2) is 11.7 Å². The average molecular weight is 166 g/mol. The van der Waals surface area contributed by atoms with Gasteiger partial charge in [-0.25, -0.2) is 0 Å². The molecule has 0 amide bonds. The van der Waals surface area contributed by atoms with Crippen molar-refractivity contribution in [2.75, 3.05) is 6.61 Å². The van der Waals surface area contributed by atoms with Crippen molar-refractivity contribution < 1.29 is 9.52 Å². The van der Waals surface area contributed by atoms with Crippen LogP contribution in [0.15, 0.2) is 35.5 Å². The first-order valence-corrected chi connectivity index (χ1v) is 3.97. The summed E-state index contributed by atoms with van der Waals surface area (Å²) in [4.78, 5) is 0. The minimum Gasteiger partial charge on any atom is -0.469 e. The Bertz CT molecular complexity index is 238. The van der Waals surface area contributed by atoms with Crippen molar-refractivity contribution in [3.63, 3.8) is 0 Å². The van der Waals surface area contributed by atoms with Crippen LogP contribution in [0.1, 0.15) is 12.7 Å². The van der Waals surface area contributed by atoms with Gasteiger partial charge in [-0.2, -0.15) is 0 Å². The first-order chi connectivity index (χ1) is 5.70. The zero-order valence-electron chi connectivity index (χ0n) is 7.29. The van der Waals surface area contributed by atoms with Crippen molar-refractivity contribution in [3.05, 3.63) is 36.8 Å². The van der Waals surface area contributed by atoms with E-state index in [4.69, 9.17) is 9.52 Å². The van der Waals surface area contributed by atoms with Crippen molar-refractivity contribution in [1.29, 1.82) is 0 Å². The first kappa shape index (κ1) is 9.07. The van der Waals surface area contributed by atoms with Gasteiger partial charge in [0.25, 0.3) is 0 Å². The molecule has 1 heterocycles. The van der Waals surface area contributed by atoms with Crippen molar-refractivity contribution in [3.8, 4) is 0 Å². The topological polar surface area (TPSA) is 33.4 Å². The van der Waals surface area contributed by atoms with E-state index in [1.807, 2.05) is 19.1 Å². The second-order valence-electron chi connectivity index (χ2n) is 3.27. The number of hydrogen-bond acceptors (Lipinski definition) is 2. The maximum atomic E-state index is 9.07. The van der Waals surface area contributed by atoms with Gasteiger partial charge in [-0.15, -0.1) is 6.58 Å². The minimum absolute atomic E-state index is 0.0944. The highest BCUT2D eigenvalue weighted by atomic mass is 16.3. The average Bonchev–Trinajstić information content (AvgIpc) is 2.57. The van der Waals surface area contributed by atoms with Gasteiger partial charge >= 0.3 is 0 Å². The van der Waals surface area contributed by atoms with Crippen LogP contribution in [0, 0.1) is 5.41 Å². The summed E-state index contributed by atoms with van der Waals surface area (Å²) in [7, 11) is 0. The molecule has 0 aliphatic carbocycles. The van der Waals surface area contributed by atoms with Gasteiger partial charge in [0.2, 0.25) is 0 Å². The lowest BCUT2D eigenvalue weighted by Crippen LogP contribution is -2.20. The van der Waals surface area contributed by atoms with Gasteiger partial charge in [-0.05, 0) is 12.1 Å². The Kier molecular flexibility index (Phi) is 2.71. The van der Waals surface area contributed by atoms with E-state index in [0.717, 1.165) is 5.76 Å². The highest BCUT2D eigenvalue weighted by molar-refractivity contribution is 5.05. The van der Waals surface area contributed by atoms with E-state index in [0.29, 0.717) is 6.42 Å². The van der Waals surface area contributed by atoms with Crippen LogP contribution in [0.25, 0.3) is 0 Å². The molecule has 0 bridgehead atoms. The minimum atomic E-state index is -0.266. The fourth-order valence-electron chi connectivity index (χ4n) is 1.00. The van der Waals surface area contributed by atoms with Crippen LogP contribution < -0.4 is 0 Å². The second-order valence-corrected chi connectivity index (χ2v) is 3.27. The van der Waals surface area contributed by atoms with E-state index >= 15 is 0 Å². The molecule has 0 radical (unpaired) electrons. The summed E-state index contributed by atoms with van der Waals surface area (Å²) in [6, 6.07) is 3.74. The van der Waals surface area contributed by atoms with Crippen molar-refractivity contribution in [2.45, 2.75) is 13.3 Å². The monoisotopic (exact) mass is 166 g/mol. The van der Waals surface area contributed by atoms with Gasteiger partial charge in [0.15, 0.2) is 0 Å². The normalized spacial score (nSPS) is 15.5. The largest absolute Gasteiger partial charge is 0.469 e. The third-order valence-electron chi connectivity index (χ3n) is 2.01. The molecule has 2 nitrogen and oxygen atoms in total. The van der Waals surface area contributed by atoms with E-state index in [-0.39, 0.29) is 12.0 Å². The lowest BCUT2D eigenvalue weighted by Gasteiger charge is -2.20. The van der Waals surface area contributed by atoms with Crippen LogP contribution in [0.2, 0.25) is 0 Å². The smallest absolute Gasteiger partial charge is 0.104 e. The summed E-state index contributed by atoms with van der Waals surface area (Å²) in [6.07, 6.45) is 4.09. The lowest BCUT2D eigenvalue weighted by atomic mass is 9.87. The quantitative estimate of drug-likeness (QED) is 0.694. The maximum Gasteiger partial charge on any atom is 0.104 e. The molecule has 2 heteroatoms. The Balaban J connectivity index is 2.66. The van der Waals surface area contributed by atoms with Crippen molar-refractivity contribution in [1.82, 2.24) is 0 Å². The van der Waals surface area contributed by atoms with E-state index < -0.39 is 0 Å². The maximum absolute atomic E-state index is 9.07. The number of rotatable bonds is 4. The lowest BCUT2D eigenvalue weighted by molar-refractivity contribution is 0.178. The summed E-state index contributed by atoms with van der Waals surface area (Å²) < 4.78 is 5.17. The summed E-state index contributed by atoms with van der Waals surface area (Å²) >= 11 is 0.